The van der Waals surface area contributed by atoms with Gasteiger partial charge in [0.05, 0.1) is 13.2 Å². The molecule has 0 aromatic carbocycles. The van der Waals surface area contributed by atoms with E-state index in [0.29, 0.717) is 12.5 Å². The molecule has 3 atom stereocenters. The van der Waals surface area contributed by atoms with Crippen LogP contribution >= 0.6 is 0 Å². The van der Waals surface area contributed by atoms with Crippen LogP contribution in [0.3, 0.4) is 0 Å². The minimum atomic E-state index is -0.429. The number of amides is 2. The molecular formula is C27H53N3O4. The Kier molecular flexibility index (Phi) is 17.8. The van der Waals surface area contributed by atoms with Crippen LogP contribution in [-0.2, 0) is 19.1 Å². The van der Waals surface area contributed by atoms with Gasteiger partial charge >= 0.3 is 5.97 Å². The number of hydrogen-bond acceptors (Lipinski definition) is 5. The second-order valence-corrected chi connectivity index (χ2v) is 9.83. The van der Waals surface area contributed by atoms with Crippen LogP contribution in [-0.4, -0.2) is 55.5 Å². The molecule has 0 bridgehead atoms. The van der Waals surface area contributed by atoms with Gasteiger partial charge in [0, 0.05) is 13.5 Å². The molecule has 1 saturated heterocycles. The summed E-state index contributed by atoms with van der Waals surface area (Å²) in [4.78, 5) is 35.7. The molecule has 7 heteroatoms. The lowest BCUT2D eigenvalue weighted by Crippen LogP contribution is -2.54. The van der Waals surface area contributed by atoms with Crippen molar-refractivity contribution in [2.75, 3.05) is 20.7 Å². The number of ether oxygens (including phenoxy) is 1. The predicted molar refractivity (Wildman–Crippen MR) is 139 cm³/mol. The number of nitrogens with zero attached hydrogens (tertiary/aromatic N) is 1. The topological polar surface area (TPSA) is 102 Å². The Hall–Kier alpha value is -1.63. The van der Waals surface area contributed by atoms with Crippen molar-refractivity contribution in [3.63, 3.8) is 0 Å². The number of primary amides is 1. The van der Waals surface area contributed by atoms with E-state index < -0.39 is 6.04 Å². The lowest BCUT2D eigenvalue weighted by molar-refractivity contribution is -0.141. The molecule has 3 N–H and O–H groups in total. The number of carbonyl (C=O) groups is 3. The van der Waals surface area contributed by atoms with E-state index in [9.17, 15) is 14.4 Å². The van der Waals surface area contributed by atoms with E-state index in [-0.39, 0.29) is 29.7 Å². The summed E-state index contributed by atoms with van der Waals surface area (Å²) in [7, 11) is 3.19. The molecule has 34 heavy (non-hydrogen) atoms. The number of hydrogen-bond donors (Lipinski definition) is 2. The maximum absolute atomic E-state index is 12.8. The van der Waals surface area contributed by atoms with Crippen LogP contribution in [0.25, 0.3) is 0 Å². The van der Waals surface area contributed by atoms with E-state index in [1.807, 2.05) is 14.0 Å². The van der Waals surface area contributed by atoms with Gasteiger partial charge in [-0.3, -0.25) is 14.4 Å². The Morgan fingerprint density at radius 1 is 1.06 bits per heavy atom. The average molecular weight is 484 g/mol. The Labute approximate surface area is 208 Å². The monoisotopic (exact) mass is 483 g/mol. The van der Waals surface area contributed by atoms with Crippen LogP contribution in [0.4, 0.5) is 0 Å². The smallest absolute Gasteiger partial charge is 0.302 e. The second kappa shape index (κ2) is 18.7. The molecule has 200 valence electrons. The zero-order valence-electron chi connectivity index (χ0n) is 23.0. The summed E-state index contributed by atoms with van der Waals surface area (Å²) in [5.41, 5.74) is 5.48. The van der Waals surface area contributed by atoms with Gasteiger partial charge in [0.2, 0.25) is 11.8 Å². The van der Waals surface area contributed by atoms with Crippen molar-refractivity contribution in [1.29, 1.82) is 0 Å². The van der Waals surface area contributed by atoms with Crippen molar-refractivity contribution in [2.45, 2.75) is 117 Å². The molecule has 1 aliphatic carbocycles. The van der Waals surface area contributed by atoms with Crippen molar-refractivity contribution in [2.24, 2.45) is 23.5 Å². The molecule has 1 aliphatic heterocycles. The van der Waals surface area contributed by atoms with E-state index >= 15 is 0 Å². The molecule has 1 saturated carbocycles. The normalized spacial score (nSPS) is 21.1. The minimum absolute atomic E-state index is 0.0625. The summed E-state index contributed by atoms with van der Waals surface area (Å²) in [5, 5.41) is 3.18. The Balaban J connectivity index is 0.000000646. The molecule has 1 heterocycles. The summed E-state index contributed by atoms with van der Waals surface area (Å²) in [6.45, 7) is 10.9. The largest absolute Gasteiger partial charge is 0.469 e. The van der Waals surface area contributed by atoms with Crippen LogP contribution in [0.15, 0.2) is 0 Å². The van der Waals surface area contributed by atoms with Gasteiger partial charge in [-0.25, -0.2) is 0 Å². The number of likely N-dealkylation sites (tertiary alicyclic amines) is 1. The number of carbonyl (C=O) groups excluding carboxylic acids is 3. The van der Waals surface area contributed by atoms with E-state index in [4.69, 9.17) is 5.73 Å². The van der Waals surface area contributed by atoms with E-state index in [1.54, 1.807) is 4.90 Å². The fourth-order valence-corrected chi connectivity index (χ4v) is 5.02. The Morgan fingerprint density at radius 3 is 2.03 bits per heavy atom. The molecule has 7 nitrogen and oxygen atoms in total. The number of rotatable bonds is 9. The molecular weight excluding hydrogens is 430 g/mol. The third kappa shape index (κ3) is 11.7. The van der Waals surface area contributed by atoms with Crippen LogP contribution < -0.4 is 11.1 Å². The van der Waals surface area contributed by atoms with Crippen LogP contribution in [0.2, 0.25) is 0 Å². The fourth-order valence-electron chi connectivity index (χ4n) is 5.02. The number of nitrogens with one attached hydrogen (secondary N) is 1. The highest BCUT2D eigenvalue weighted by molar-refractivity contribution is 5.90. The highest BCUT2D eigenvalue weighted by atomic mass is 16.5. The van der Waals surface area contributed by atoms with Crippen molar-refractivity contribution < 1.29 is 19.1 Å². The van der Waals surface area contributed by atoms with Gasteiger partial charge in [0.15, 0.2) is 0 Å². The van der Waals surface area contributed by atoms with Crippen molar-refractivity contribution in [1.82, 2.24) is 10.2 Å². The maximum Gasteiger partial charge on any atom is 0.302 e. The number of methoxy groups -OCH3 is 1. The standard InChI is InChI=1S/C15H27N3O2.C9H20.C3H6O2/c1-10-8-9-18(13(10)14(16)19)15(20)12(17-2)11-6-4-3-5-7-11;1-4-7-8-9(5-2)6-3;1-3(4)5-2/h10-13,17H,3-9H2,1-2H3,(H2,16,19);9H,4-8H2,1-3H3;1-2H3/t10-,12?,13?;;/m0../s1. The van der Waals surface area contributed by atoms with Crippen LogP contribution in [0.1, 0.15) is 105 Å². The molecule has 2 fully saturated rings. The lowest BCUT2D eigenvalue weighted by Gasteiger charge is -2.34. The van der Waals surface area contributed by atoms with Crippen LogP contribution in [0, 0.1) is 17.8 Å². The zero-order chi connectivity index (χ0) is 26.1. The molecule has 2 aliphatic rings. The first kappa shape index (κ1) is 32.4. The van der Waals surface area contributed by atoms with Crippen molar-refractivity contribution in [3.05, 3.63) is 0 Å². The average Bonchev–Trinajstić information content (AvgIpc) is 3.23. The van der Waals surface area contributed by atoms with Gasteiger partial charge in [-0.1, -0.05) is 79.1 Å². The predicted octanol–water partition coefficient (Wildman–Crippen LogP) is 4.67. The van der Waals surface area contributed by atoms with E-state index in [0.717, 1.165) is 25.2 Å². The number of nitrogens with two attached hydrogens (primary N) is 1. The van der Waals surface area contributed by atoms with E-state index in [2.05, 4.69) is 30.8 Å². The molecule has 0 aromatic rings. The molecule has 2 rings (SSSR count). The highest BCUT2D eigenvalue weighted by Crippen LogP contribution is 2.30. The highest BCUT2D eigenvalue weighted by Gasteiger charge is 2.42. The Bertz CT molecular complexity index is 574. The third-order valence-electron chi connectivity index (χ3n) is 7.38. The zero-order valence-corrected chi connectivity index (χ0v) is 23.0. The van der Waals surface area contributed by atoms with Gasteiger partial charge in [-0.2, -0.15) is 0 Å². The van der Waals surface area contributed by atoms with Crippen LogP contribution in [0.5, 0.6) is 0 Å². The number of esters is 1. The maximum atomic E-state index is 12.8. The summed E-state index contributed by atoms with van der Waals surface area (Å²) < 4.78 is 4.11. The molecule has 0 aromatic heterocycles. The second-order valence-electron chi connectivity index (χ2n) is 9.83. The molecule has 2 amide bonds. The number of unbranched alkanes of at least 4 members (excludes halogenated alkanes) is 1. The Morgan fingerprint density at radius 2 is 1.62 bits per heavy atom. The fraction of sp³-hybridized carbons (Fsp3) is 0.889. The molecule has 0 spiro atoms. The van der Waals surface area contributed by atoms with Crippen molar-refractivity contribution in [3.8, 4) is 0 Å². The molecule has 2 unspecified atom stereocenters. The SMILES string of the molecule is CCCCC(CC)CC.CNC(C(=O)N1CC[C@H](C)C1C(N)=O)C1CCCCC1.COC(C)=O. The first-order valence-electron chi connectivity index (χ1n) is 13.5. The summed E-state index contributed by atoms with van der Waals surface area (Å²) in [6, 6.07) is -0.593. The quantitative estimate of drug-likeness (QED) is 0.464. The van der Waals surface area contributed by atoms with Gasteiger partial charge < -0.3 is 20.7 Å². The van der Waals surface area contributed by atoms with E-state index in [1.165, 1.54) is 65.4 Å². The number of likely N-dealkylation sites (N-methyl/N-ethyl adjacent to an activating group) is 1. The summed E-state index contributed by atoms with van der Waals surface area (Å²) in [6.07, 6.45) is 13.7. The first-order valence-corrected chi connectivity index (χ1v) is 13.5. The first-order chi connectivity index (χ1) is 16.2. The summed E-state index contributed by atoms with van der Waals surface area (Å²) in [5.74, 6) is 1.01. The van der Waals surface area contributed by atoms with Gasteiger partial charge in [0.25, 0.3) is 0 Å². The van der Waals surface area contributed by atoms with Gasteiger partial charge in [-0.05, 0) is 44.1 Å². The van der Waals surface area contributed by atoms with Crippen molar-refractivity contribution >= 4 is 17.8 Å². The summed E-state index contributed by atoms with van der Waals surface area (Å²) >= 11 is 0. The van der Waals surface area contributed by atoms with Gasteiger partial charge in [-0.15, -0.1) is 0 Å². The minimum Gasteiger partial charge on any atom is -0.469 e. The van der Waals surface area contributed by atoms with Gasteiger partial charge in [0.1, 0.15) is 6.04 Å². The third-order valence-corrected chi connectivity index (χ3v) is 7.38. The molecule has 0 radical (unpaired) electrons. The lowest BCUT2D eigenvalue weighted by atomic mass is 9.83.